The van der Waals surface area contributed by atoms with Crippen LogP contribution in [-0.4, -0.2) is 17.8 Å². The van der Waals surface area contributed by atoms with Gasteiger partial charge in [0, 0.05) is 5.57 Å². The summed E-state index contributed by atoms with van der Waals surface area (Å²) < 4.78 is 12.1. The third-order valence-electron chi connectivity index (χ3n) is 7.36. The summed E-state index contributed by atoms with van der Waals surface area (Å²) in [4.78, 5) is 11.4. The zero-order valence-corrected chi connectivity index (χ0v) is 22.9. The molecule has 0 saturated heterocycles. The van der Waals surface area contributed by atoms with E-state index in [2.05, 4.69) is 13.5 Å². The molecule has 1 N–H and O–H groups in total. The van der Waals surface area contributed by atoms with Crippen LogP contribution in [0, 0.1) is 5.92 Å². The Morgan fingerprint density at radius 1 is 0.588 bits per heavy atom. The van der Waals surface area contributed by atoms with Gasteiger partial charge in [-0.25, -0.2) is 4.79 Å². The van der Waals surface area contributed by atoms with Gasteiger partial charge < -0.3 is 5.11 Å². The van der Waals surface area contributed by atoms with Crippen LogP contribution in [0.5, 0.6) is 0 Å². The van der Waals surface area contributed by atoms with Gasteiger partial charge in [0.25, 0.3) is 0 Å². The molecule has 0 aromatic heterocycles. The van der Waals surface area contributed by atoms with E-state index < -0.39 is 5.97 Å². The van der Waals surface area contributed by atoms with Crippen LogP contribution in [0.3, 0.4) is 0 Å². The second-order valence-corrected chi connectivity index (χ2v) is 10.6. The highest BCUT2D eigenvalue weighted by atomic mass is 19.1. The molecule has 0 aromatic rings. The molecule has 0 saturated carbocycles. The van der Waals surface area contributed by atoms with Crippen molar-refractivity contribution in [3.05, 3.63) is 12.2 Å². The SMILES string of the molecule is C=C(C(=O)O)C(CCCCCCCCCCF)CCCCCCCCCCCCCCCCC. The van der Waals surface area contributed by atoms with Gasteiger partial charge in [-0.05, 0) is 25.2 Å². The lowest BCUT2D eigenvalue weighted by atomic mass is 9.88. The normalized spacial score (nSPS) is 12.2. The Morgan fingerprint density at radius 2 is 0.882 bits per heavy atom. The van der Waals surface area contributed by atoms with Crippen molar-refractivity contribution >= 4 is 5.97 Å². The van der Waals surface area contributed by atoms with Crippen molar-refractivity contribution in [2.45, 2.75) is 167 Å². The highest BCUT2D eigenvalue weighted by Crippen LogP contribution is 2.25. The van der Waals surface area contributed by atoms with Gasteiger partial charge in [0.05, 0.1) is 6.67 Å². The molecule has 0 bridgehead atoms. The lowest BCUT2D eigenvalue weighted by Crippen LogP contribution is -2.12. The summed E-state index contributed by atoms with van der Waals surface area (Å²) in [6.07, 6.45) is 31.1. The first-order valence-corrected chi connectivity index (χ1v) is 15.1. The van der Waals surface area contributed by atoms with E-state index in [4.69, 9.17) is 0 Å². The molecular weight excluding hydrogens is 423 g/mol. The molecule has 0 aliphatic carbocycles. The molecule has 0 aliphatic rings. The highest BCUT2D eigenvalue weighted by Gasteiger charge is 2.17. The first-order chi connectivity index (χ1) is 16.6. The number of carboxylic acids is 1. The molecular formula is C31H59FO2. The number of hydrogen-bond donors (Lipinski definition) is 1. The maximum Gasteiger partial charge on any atom is 0.331 e. The zero-order chi connectivity index (χ0) is 25.1. The molecule has 0 amide bonds. The predicted molar refractivity (Wildman–Crippen MR) is 147 cm³/mol. The van der Waals surface area contributed by atoms with Crippen molar-refractivity contribution in [1.29, 1.82) is 0 Å². The van der Waals surface area contributed by atoms with E-state index in [1.165, 1.54) is 116 Å². The third kappa shape index (κ3) is 22.9. The van der Waals surface area contributed by atoms with Crippen LogP contribution in [-0.2, 0) is 4.79 Å². The standard InChI is InChI=1S/C31H59FO2/c1-3-4-5-6-7-8-9-10-11-12-13-14-17-20-23-26-30(29(2)31(33)34)27-24-21-18-15-16-19-22-25-28-32/h30H,2-28H2,1H3,(H,33,34). The average Bonchev–Trinajstić information content (AvgIpc) is 2.83. The summed E-state index contributed by atoms with van der Waals surface area (Å²) in [5, 5.41) is 9.40. The third-order valence-corrected chi connectivity index (χ3v) is 7.36. The Bertz CT molecular complexity index is 449. The quantitative estimate of drug-likeness (QED) is 0.0889. The maximum absolute atomic E-state index is 12.1. The smallest absolute Gasteiger partial charge is 0.331 e. The van der Waals surface area contributed by atoms with Crippen LogP contribution in [0.25, 0.3) is 0 Å². The molecule has 1 atom stereocenters. The van der Waals surface area contributed by atoms with E-state index in [0.29, 0.717) is 12.0 Å². The molecule has 0 heterocycles. The number of hydrogen-bond acceptors (Lipinski definition) is 1. The Morgan fingerprint density at radius 3 is 1.18 bits per heavy atom. The van der Waals surface area contributed by atoms with Gasteiger partial charge in [0.2, 0.25) is 0 Å². The maximum atomic E-state index is 12.1. The minimum absolute atomic E-state index is 0.143. The van der Waals surface area contributed by atoms with E-state index >= 15 is 0 Å². The van der Waals surface area contributed by atoms with Crippen LogP contribution in [0.2, 0.25) is 0 Å². The molecule has 0 fully saturated rings. The number of halogens is 1. The predicted octanol–water partition coefficient (Wildman–Crippen LogP) is 11.0. The number of unbranched alkanes of at least 4 members (excludes halogenated alkanes) is 21. The monoisotopic (exact) mass is 482 g/mol. The van der Waals surface area contributed by atoms with Crippen LogP contribution in [0.4, 0.5) is 4.39 Å². The first-order valence-electron chi connectivity index (χ1n) is 15.1. The van der Waals surface area contributed by atoms with Crippen molar-refractivity contribution in [1.82, 2.24) is 0 Å². The fourth-order valence-electron chi connectivity index (χ4n) is 4.98. The molecule has 0 radical (unpaired) electrons. The number of aliphatic carboxylic acids is 1. The van der Waals surface area contributed by atoms with E-state index in [9.17, 15) is 14.3 Å². The van der Waals surface area contributed by atoms with Gasteiger partial charge in [-0.3, -0.25) is 4.39 Å². The minimum atomic E-state index is -0.821. The average molecular weight is 483 g/mol. The Kier molecular flexibility index (Phi) is 26.1. The molecule has 1 unspecified atom stereocenters. The summed E-state index contributed by atoms with van der Waals surface area (Å²) in [6.45, 7) is 5.96. The van der Waals surface area contributed by atoms with Crippen molar-refractivity contribution in [3.8, 4) is 0 Å². The lowest BCUT2D eigenvalue weighted by Gasteiger charge is -2.17. The van der Waals surface area contributed by atoms with Crippen molar-refractivity contribution in [2.24, 2.45) is 5.92 Å². The van der Waals surface area contributed by atoms with Crippen LogP contribution in [0.15, 0.2) is 12.2 Å². The molecule has 202 valence electrons. The summed E-state index contributed by atoms with van der Waals surface area (Å²) in [6, 6.07) is 0. The topological polar surface area (TPSA) is 37.3 Å². The van der Waals surface area contributed by atoms with E-state index in [1.54, 1.807) is 0 Å². The molecule has 0 aliphatic heterocycles. The zero-order valence-electron chi connectivity index (χ0n) is 22.9. The van der Waals surface area contributed by atoms with Gasteiger partial charge in [0.1, 0.15) is 0 Å². The minimum Gasteiger partial charge on any atom is -0.478 e. The second-order valence-electron chi connectivity index (χ2n) is 10.6. The summed E-state index contributed by atoms with van der Waals surface area (Å²) >= 11 is 0. The van der Waals surface area contributed by atoms with Gasteiger partial charge in [-0.1, -0.05) is 155 Å². The van der Waals surface area contributed by atoms with Crippen molar-refractivity contribution in [2.75, 3.05) is 6.67 Å². The van der Waals surface area contributed by atoms with E-state index in [-0.39, 0.29) is 12.6 Å². The van der Waals surface area contributed by atoms with Crippen molar-refractivity contribution in [3.63, 3.8) is 0 Å². The lowest BCUT2D eigenvalue weighted by molar-refractivity contribution is -0.133. The fraction of sp³-hybridized carbons (Fsp3) is 0.903. The first kappa shape index (κ1) is 33.1. The molecule has 0 rings (SSSR count). The highest BCUT2D eigenvalue weighted by molar-refractivity contribution is 5.86. The fourth-order valence-corrected chi connectivity index (χ4v) is 4.98. The Balaban J connectivity index is 3.64. The van der Waals surface area contributed by atoms with Gasteiger partial charge >= 0.3 is 5.97 Å². The Hall–Kier alpha value is -0.860. The summed E-state index contributed by atoms with van der Waals surface area (Å²) in [7, 11) is 0. The van der Waals surface area contributed by atoms with E-state index in [0.717, 1.165) is 38.5 Å². The van der Waals surface area contributed by atoms with Gasteiger partial charge in [-0.2, -0.15) is 0 Å². The number of carboxylic acid groups (broad SMARTS) is 1. The van der Waals surface area contributed by atoms with Gasteiger partial charge in [0.15, 0.2) is 0 Å². The second kappa shape index (κ2) is 26.7. The van der Waals surface area contributed by atoms with Crippen LogP contribution in [0.1, 0.15) is 167 Å². The van der Waals surface area contributed by atoms with Crippen LogP contribution >= 0.6 is 0 Å². The molecule has 0 aromatic carbocycles. The molecule has 3 heteroatoms. The summed E-state index contributed by atoms with van der Waals surface area (Å²) in [5.41, 5.74) is 0.414. The molecule has 2 nitrogen and oxygen atoms in total. The molecule has 34 heavy (non-hydrogen) atoms. The van der Waals surface area contributed by atoms with Crippen LogP contribution < -0.4 is 0 Å². The number of carbonyl (C=O) groups is 1. The molecule has 0 spiro atoms. The number of alkyl halides is 1. The van der Waals surface area contributed by atoms with Crippen molar-refractivity contribution < 1.29 is 14.3 Å². The number of rotatable bonds is 28. The Labute approximate surface area is 212 Å². The largest absolute Gasteiger partial charge is 0.478 e. The van der Waals surface area contributed by atoms with E-state index in [1.807, 2.05) is 0 Å². The van der Waals surface area contributed by atoms with Gasteiger partial charge in [-0.15, -0.1) is 0 Å². The summed E-state index contributed by atoms with van der Waals surface area (Å²) in [5.74, 6) is -0.678.